The highest BCUT2D eigenvalue weighted by molar-refractivity contribution is 7.08. The van der Waals surface area contributed by atoms with Crippen molar-refractivity contribution in [1.29, 1.82) is 0 Å². The minimum absolute atomic E-state index is 0.278. The maximum absolute atomic E-state index is 4.26. The van der Waals surface area contributed by atoms with Crippen LogP contribution in [0.3, 0.4) is 0 Å². The van der Waals surface area contributed by atoms with Crippen molar-refractivity contribution in [3.63, 3.8) is 0 Å². The number of nitrogens with one attached hydrogen (secondary N) is 1. The van der Waals surface area contributed by atoms with Crippen molar-refractivity contribution in [2.24, 2.45) is 7.05 Å². The maximum atomic E-state index is 4.26. The van der Waals surface area contributed by atoms with Gasteiger partial charge in [-0.15, -0.1) is 10.2 Å². The first kappa shape index (κ1) is 13.2. The lowest BCUT2D eigenvalue weighted by atomic mass is 10.0. The van der Waals surface area contributed by atoms with E-state index in [4.69, 9.17) is 0 Å². The Balaban J connectivity index is 2.12. The fourth-order valence-corrected chi connectivity index (χ4v) is 2.83. The van der Waals surface area contributed by atoms with Gasteiger partial charge >= 0.3 is 0 Å². The average molecular weight is 265 g/mol. The zero-order chi connectivity index (χ0) is 13.0. The fraction of sp³-hybridized carbons (Fsp3) is 0.583. The van der Waals surface area contributed by atoms with E-state index in [1.807, 2.05) is 0 Å². The molecule has 1 N–H and O–H groups in total. The van der Waals surface area contributed by atoms with E-state index in [9.17, 15) is 0 Å². The van der Waals surface area contributed by atoms with Crippen molar-refractivity contribution in [3.05, 3.63) is 27.7 Å². The van der Waals surface area contributed by atoms with E-state index < -0.39 is 0 Å². The SMILES string of the molecule is CCCNC(Cc1nnn(C)n1)c1cscc1C. The molecular weight excluding hydrogens is 246 g/mol. The monoisotopic (exact) mass is 265 g/mol. The van der Waals surface area contributed by atoms with Crippen molar-refractivity contribution in [1.82, 2.24) is 25.5 Å². The molecule has 5 nitrogen and oxygen atoms in total. The molecule has 18 heavy (non-hydrogen) atoms. The van der Waals surface area contributed by atoms with Gasteiger partial charge in [-0.05, 0) is 47.0 Å². The standard InChI is InChI=1S/C12H19N5S/c1-4-5-13-11(10-8-18-7-9(10)2)6-12-14-16-17(3)15-12/h7-8,11,13H,4-6H2,1-3H3. The van der Waals surface area contributed by atoms with Crippen LogP contribution in [0.25, 0.3) is 0 Å². The summed E-state index contributed by atoms with van der Waals surface area (Å²) in [5, 5.41) is 20.2. The molecule has 0 bridgehead atoms. The molecule has 0 radical (unpaired) electrons. The Bertz CT molecular complexity index is 490. The van der Waals surface area contributed by atoms with Crippen LogP contribution in [-0.2, 0) is 13.5 Å². The molecular formula is C12H19N5S. The number of hydrogen-bond donors (Lipinski definition) is 1. The molecule has 1 atom stereocenters. The summed E-state index contributed by atoms with van der Waals surface area (Å²) >= 11 is 1.74. The topological polar surface area (TPSA) is 55.6 Å². The van der Waals surface area contributed by atoms with Crippen molar-refractivity contribution in [2.75, 3.05) is 6.54 Å². The highest BCUT2D eigenvalue weighted by Gasteiger charge is 2.17. The average Bonchev–Trinajstić information content (AvgIpc) is 2.93. The molecule has 2 aromatic rings. The molecule has 2 heterocycles. The quantitative estimate of drug-likeness (QED) is 0.866. The highest BCUT2D eigenvalue weighted by atomic mass is 32.1. The molecule has 0 spiro atoms. The zero-order valence-electron chi connectivity index (χ0n) is 11.1. The second kappa shape index (κ2) is 6.06. The third-order valence-corrected chi connectivity index (χ3v) is 3.73. The number of nitrogens with zero attached hydrogens (tertiary/aromatic N) is 4. The van der Waals surface area contributed by atoms with Crippen molar-refractivity contribution >= 4 is 11.3 Å². The lowest BCUT2D eigenvalue weighted by Gasteiger charge is -2.17. The molecule has 2 rings (SSSR count). The van der Waals surface area contributed by atoms with Gasteiger partial charge in [-0.1, -0.05) is 6.92 Å². The molecule has 0 saturated heterocycles. The minimum Gasteiger partial charge on any atom is -0.310 e. The molecule has 0 aliphatic rings. The first-order valence-corrected chi connectivity index (χ1v) is 7.14. The number of rotatable bonds is 6. The predicted molar refractivity (Wildman–Crippen MR) is 72.6 cm³/mol. The van der Waals surface area contributed by atoms with Crippen LogP contribution >= 0.6 is 11.3 Å². The van der Waals surface area contributed by atoms with Crippen LogP contribution in [0.5, 0.6) is 0 Å². The third-order valence-electron chi connectivity index (χ3n) is 2.85. The maximum Gasteiger partial charge on any atom is 0.176 e. The number of thiophene rings is 1. The van der Waals surface area contributed by atoms with Crippen LogP contribution in [-0.4, -0.2) is 26.8 Å². The third kappa shape index (κ3) is 3.14. The van der Waals surface area contributed by atoms with Gasteiger partial charge < -0.3 is 5.32 Å². The first-order valence-electron chi connectivity index (χ1n) is 6.19. The second-order valence-electron chi connectivity index (χ2n) is 4.42. The Morgan fingerprint density at radius 2 is 2.28 bits per heavy atom. The number of hydrogen-bond acceptors (Lipinski definition) is 5. The summed E-state index contributed by atoms with van der Waals surface area (Å²) in [6, 6.07) is 0.278. The van der Waals surface area contributed by atoms with E-state index in [0.29, 0.717) is 0 Å². The van der Waals surface area contributed by atoms with Crippen molar-refractivity contribution in [2.45, 2.75) is 32.7 Å². The van der Waals surface area contributed by atoms with Crippen LogP contribution < -0.4 is 5.32 Å². The van der Waals surface area contributed by atoms with Crippen LogP contribution in [0, 0.1) is 6.92 Å². The van der Waals surface area contributed by atoms with E-state index in [1.165, 1.54) is 15.9 Å². The summed E-state index contributed by atoms with van der Waals surface area (Å²) in [7, 11) is 1.79. The van der Waals surface area contributed by atoms with E-state index in [0.717, 1.165) is 25.2 Å². The minimum atomic E-state index is 0.278. The van der Waals surface area contributed by atoms with E-state index in [2.05, 4.69) is 45.3 Å². The van der Waals surface area contributed by atoms with E-state index in [-0.39, 0.29) is 6.04 Å². The molecule has 0 fully saturated rings. The molecule has 0 aliphatic carbocycles. The van der Waals surface area contributed by atoms with Gasteiger partial charge in [-0.25, -0.2) is 0 Å². The summed E-state index contributed by atoms with van der Waals surface area (Å²) in [4.78, 5) is 1.51. The molecule has 6 heteroatoms. The van der Waals surface area contributed by atoms with Gasteiger partial charge in [0.1, 0.15) is 0 Å². The van der Waals surface area contributed by atoms with Gasteiger partial charge in [0.05, 0.1) is 7.05 Å². The van der Waals surface area contributed by atoms with Crippen LogP contribution in [0.1, 0.15) is 36.3 Å². The lowest BCUT2D eigenvalue weighted by Crippen LogP contribution is -2.24. The Hall–Kier alpha value is -1.27. The number of aryl methyl sites for hydroxylation is 2. The Morgan fingerprint density at radius 1 is 1.44 bits per heavy atom. The molecule has 0 aliphatic heterocycles. The summed E-state index contributed by atoms with van der Waals surface area (Å²) in [6.45, 7) is 5.32. The largest absolute Gasteiger partial charge is 0.310 e. The van der Waals surface area contributed by atoms with Gasteiger partial charge in [-0.2, -0.15) is 16.1 Å². The molecule has 1 unspecified atom stereocenters. The smallest absolute Gasteiger partial charge is 0.176 e. The number of tetrazole rings is 1. The van der Waals surface area contributed by atoms with Gasteiger partial charge in [0.2, 0.25) is 0 Å². The van der Waals surface area contributed by atoms with Gasteiger partial charge in [0.25, 0.3) is 0 Å². The molecule has 2 aromatic heterocycles. The number of aromatic nitrogens is 4. The predicted octanol–water partition coefficient (Wildman–Crippen LogP) is 1.86. The van der Waals surface area contributed by atoms with Crippen molar-refractivity contribution < 1.29 is 0 Å². The van der Waals surface area contributed by atoms with Crippen LogP contribution in [0.4, 0.5) is 0 Å². The summed E-state index contributed by atoms with van der Waals surface area (Å²) < 4.78 is 0. The highest BCUT2D eigenvalue weighted by Crippen LogP contribution is 2.24. The fourth-order valence-electron chi connectivity index (χ4n) is 1.93. The normalized spacial score (nSPS) is 12.8. The molecule has 98 valence electrons. The molecule has 0 amide bonds. The Kier molecular flexibility index (Phi) is 4.43. The second-order valence-corrected chi connectivity index (χ2v) is 5.16. The van der Waals surface area contributed by atoms with E-state index in [1.54, 1.807) is 18.4 Å². The van der Waals surface area contributed by atoms with Gasteiger partial charge in [0, 0.05) is 12.5 Å². The molecule has 0 saturated carbocycles. The van der Waals surface area contributed by atoms with Gasteiger partial charge in [0.15, 0.2) is 5.82 Å². The Morgan fingerprint density at radius 3 is 2.83 bits per heavy atom. The van der Waals surface area contributed by atoms with E-state index >= 15 is 0 Å². The molecule has 0 aromatic carbocycles. The summed E-state index contributed by atoms with van der Waals surface area (Å²) in [5.74, 6) is 0.789. The summed E-state index contributed by atoms with van der Waals surface area (Å²) in [5.41, 5.74) is 2.68. The summed E-state index contributed by atoms with van der Waals surface area (Å²) in [6.07, 6.45) is 1.90. The van der Waals surface area contributed by atoms with Gasteiger partial charge in [-0.3, -0.25) is 0 Å². The van der Waals surface area contributed by atoms with Crippen LogP contribution in [0.15, 0.2) is 10.8 Å². The Labute approximate surface area is 111 Å². The lowest BCUT2D eigenvalue weighted by molar-refractivity contribution is 0.516. The van der Waals surface area contributed by atoms with Crippen molar-refractivity contribution in [3.8, 4) is 0 Å². The zero-order valence-corrected chi connectivity index (χ0v) is 11.9. The first-order chi connectivity index (χ1) is 8.70. The van der Waals surface area contributed by atoms with Crippen LogP contribution in [0.2, 0.25) is 0 Å².